The minimum absolute atomic E-state index is 0.0125. The van der Waals surface area contributed by atoms with Gasteiger partial charge in [0.1, 0.15) is 5.52 Å². The number of carbonyl (C=O) groups excluding carboxylic acids is 1. The number of rotatable bonds is 4. The fourth-order valence-electron chi connectivity index (χ4n) is 3.21. The first-order valence-corrected chi connectivity index (χ1v) is 8.31. The molecule has 0 aliphatic heterocycles. The standard InChI is InChI=1S/C18H16ClF2N3O2/c1-3-13(19)12(10-25)16(22-2)24-7-6-23-14-4-5-18(20,21)9-11(14)8-15(23)17(24)26/h3,6-8,10H,2,4-5,9H2,1H3/b13-3+,16-12+. The molecular weight excluding hydrogens is 364 g/mol. The van der Waals surface area contributed by atoms with E-state index >= 15 is 0 Å². The SMILES string of the molecule is C=N/C(=C(C=O)\C(Cl)=C/C)n1ccn2c3c(cc2c1=O)CC(F)(F)CC3. The van der Waals surface area contributed by atoms with E-state index < -0.39 is 17.9 Å². The van der Waals surface area contributed by atoms with Crippen molar-refractivity contribution in [3.8, 4) is 0 Å². The number of aryl methyl sites for hydroxylation is 1. The molecule has 3 rings (SSSR count). The first-order valence-electron chi connectivity index (χ1n) is 7.94. The van der Waals surface area contributed by atoms with Crippen molar-refractivity contribution < 1.29 is 13.6 Å². The molecule has 0 amide bonds. The van der Waals surface area contributed by atoms with Crippen LogP contribution in [0, 0.1) is 0 Å². The zero-order chi connectivity index (χ0) is 19.1. The number of alkyl halides is 2. The van der Waals surface area contributed by atoms with Crippen LogP contribution in [0.25, 0.3) is 11.3 Å². The van der Waals surface area contributed by atoms with Gasteiger partial charge in [-0.3, -0.25) is 14.2 Å². The van der Waals surface area contributed by atoms with E-state index in [9.17, 15) is 18.4 Å². The average molecular weight is 380 g/mol. The van der Waals surface area contributed by atoms with Gasteiger partial charge in [-0.25, -0.2) is 13.8 Å². The minimum Gasteiger partial charge on any atom is -0.314 e. The highest BCUT2D eigenvalue weighted by Gasteiger charge is 2.35. The van der Waals surface area contributed by atoms with Crippen LogP contribution in [0.3, 0.4) is 0 Å². The summed E-state index contributed by atoms with van der Waals surface area (Å²) in [5.74, 6) is -2.78. The lowest BCUT2D eigenvalue weighted by Crippen LogP contribution is -2.26. The molecule has 26 heavy (non-hydrogen) atoms. The first-order chi connectivity index (χ1) is 12.3. The maximum atomic E-state index is 13.7. The maximum Gasteiger partial charge on any atom is 0.280 e. The summed E-state index contributed by atoms with van der Waals surface area (Å²) < 4.78 is 30.1. The van der Waals surface area contributed by atoms with Crippen molar-refractivity contribution in [2.24, 2.45) is 4.99 Å². The van der Waals surface area contributed by atoms with E-state index in [2.05, 4.69) is 11.7 Å². The van der Waals surface area contributed by atoms with E-state index in [4.69, 9.17) is 11.6 Å². The summed E-state index contributed by atoms with van der Waals surface area (Å²) in [7, 11) is 0. The minimum atomic E-state index is -2.77. The van der Waals surface area contributed by atoms with Crippen molar-refractivity contribution in [2.75, 3.05) is 0 Å². The smallest absolute Gasteiger partial charge is 0.280 e. The second-order valence-corrected chi connectivity index (χ2v) is 6.43. The van der Waals surface area contributed by atoms with Gasteiger partial charge < -0.3 is 4.40 Å². The Bertz CT molecular complexity index is 1030. The molecular formula is C18H16ClF2N3O2. The Labute approximate surface area is 152 Å². The topological polar surface area (TPSA) is 55.8 Å². The fraction of sp³-hybridized carbons (Fsp3) is 0.278. The second kappa shape index (κ2) is 6.64. The van der Waals surface area contributed by atoms with Gasteiger partial charge in [0.15, 0.2) is 12.1 Å². The van der Waals surface area contributed by atoms with Crippen LogP contribution in [0.4, 0.5) is 8.78 Å². The Morgan fingerprint density at radius 1 is 1.42 bits per heavy atom. The van der Waals surface area contributed by atoms with Crippen LogP contribution < -0.4 is 5.56 Å². The molecule has 0 spiro atoms. The number of aromatic nitrogens is 2. The van der Waals surface area contributed by atoms with Crippen LogP contribution in [0.2, 0.25) is 0 Å². The summed E-state index contributed by atoms with van der Waals surface area (Å²) in [6, 6.07) is 1.47. The van der Waals surface area contributed by atoms with Crippen molar-refractivity contribution in [3.05, 3.63) is 56.8 Å². The highest BCUT2D eigenvalue weighted by Crippen LogP contribution is 2.34. The van der Waals surface area contributed by atoms with Gasteiger partial charge in [0.05, 0.1) is 10.6 Å². The van der Waals surface area contributed by atoms with Gasteiger partial charge in [0, 0.05) is 30.9 Å². The highest BCUT2D eigenvalue weighted by molar-refractivity contribution is 6.34. The van der Waals surface area contributed by atoms with Gasteiger partial charge >= 0.3 is 0 Å². The van der Waals surface area contributed by atoms with Crippen LogP contribution in [0.1, 0.15) is 24.6 Å². The molecule has 0 radical (unpaired) electrons. The van der Waals surface area contributed by atoms with Crippen molar-refractivity contribution >= 4 is 35.9 Å². The Kier molecular flexibility index (Phi) is 4.66. The summed E-state index contributed by atoms with van der Waals surface area (Å²) in [6.45, 7) is 5.05. The van der Waals surface area contributed by atoms with Crippen LogP contribution in [0.5, 0.6) is 0 Å². The lowest BCUT2D eigenvalue weighted by Gasteiger charge is -2.22. The third-order valence-electron chi connectivity index (χ3n) is 4.46. The largest absolute Gasteiger partial charge is 0.314 e. The first kappa shape index (κ1) is 18.3. The molecule has 0 saturated heterocycles. The van der Waals surface area contributed by atoms with Crippen molar-refractivity contribution in [1.82, 2.24) is 8.97 Å². The summed E-state index contributed by atoms with van der Waals surface area (Å²) in [5.41, 5.74) is 0.911. The number of carbonyl (C=O) groups is 1. The molecule has 1 aliphatic carbocycles. The van der Waals surface area contributed by atoms with Gasteiger partial charge in [-0.15, -0.1) is 0 Å². The zero-order valence-corrected chi connectivity index (χ0v) is 14.8. The van der Waals surface area contributed by atoms with E-state index in [1.807, 2.05) is 0 Å². The number of aldehydes is 1. The fourth-order valence-corrected chi connectivity index (χ4v) is 3.34. The molecule has 1 aliphatic rings. The third-order valence-corrected chi connectivity index (χ3v) is 4.88. The molecule has 0 atom stereocenters. The quantitative estimate of drug-likeness (QED) is 0.353. The van der Waals surface area contributed by atoms with E-state index in [1.165, 1.54) is 18.3 Å². The van der Waals surface area contributed by atoms with E-state index in [1.54, 1.807) is 17.5 Å². The lowest BCUT2D eigenvalue weighted by molar-refractivity contribution is -0.104. The van der Waals surface area contributed by atoms with Crippen LogP contribution in [-0.4, -0.2) is 27.9 Å². The predicted molar refractivity (Wildman–Crippen MR) is 97.1 cm³/mol. The van der Waals surface area contributed by atoms with E-state index in [0.29, 0.717) is 17.5 Å². The van der Waals surface area contributed by atoms with E-state index in [0.717, 1.165) is 4.57 Å². The molecule has 0 bridgehead atoms. The lowest BCUT2D eigenvalue weighted by atomic mass is 9.94. The summed E-state index contributed by atoms with van der Waals surface area (Å²) in [4.78, 5) is 28.1. The molecule has 0 saturated carbocycles. The average Bonchev–Trinajstić information content (AvgIpc) is 2.97. The molecule has 136 valence electrons. The number of allylic oxidation sites excluding steroid dienone is 3. The number of hydrogen-bond donors (Lipinski definition) is 0. The summed E-state index contributed by atoms with van der Waals surface area (Å²) in [5, 5.41) is 0.128. The Hall–Kier alpha value is -2.54. The predicted octanol–water partition coefficient (Wildman–Crippen LogP) is 3.44. The van der Waals surface area contributed by atoms with Crippen LogP contribution in [-0.2, 0) is 17.6 Å². The Morgan fingerprint density at radius 3 is 2.77 bits per heavy atom. The molecule has 0 aromatic carbocycles. The molecule has 2 heterocycles. The highest BCUT2D eigenvalue weighted by atomic mass is 35.5. The molecule has 2 aromatic heterocycles. The second-order valence-electron chi connectivity index (χ2n) is 6.03. The Morgan fingerprint density at radius 2 is 2.15 bits per heavy atom. The number of nitrogens with zero attached hydrogens (tertiary/aromatic N) is 3. The number of aliphatic imine (C=N–C) groups is 1. The normalized spacial score (nSPS) is 17.6. The van der Waals surface area contributed by atoms with Gasteiger partial charge in [0.25, 0.3) is 11.5 Å². The van der Waals surface area contributed by atoms with Gasteiger partial charge in [0.2, 0.25) is 0 Å². The van der Waals surface area contributed by atoms with Crippen LogP contribution >= 0.6 is 11.6 Å². The zero-order valence-electron chi connectivity index (χ0n) is 14.0. The van der Waals surface area contributed by atoms with Gasteiger partial charge in [-0.1, -0.05) is 17.7 Å². The van der Waals surface area contributed by atoms with Crippen LogP contribution in [0.15, 0.2) is 44.9 Å². The number of hydrogen-bond acceptors (Lipinski definition) is 3. The van der Waals surface area contributed by atoms with E-state index in [-0.39, 0.29) is 34.8 Å². The van der Waals surface area contributed by atoms with Crippen molar-refractivity contribution in [1.29, 1.82) is 0 Å². The molecule has 2 aromatic rings. The molecule has 0 N–H and O–H groups in total. The summed E-state index contributed by atoms with van der Waals surface area (Å²) in [6.07, 6.45) is 4.56. The molecule has 0 fully saturated rings. The number of halogens is 3. The Balaban J connectivity index is 2.26. The monoisotopic (exact) mass is 379 g/mol. The molecule has 0 unspecified atom stereocenters. The number of fused-ring (bicyclic) bond motifs is 3. The van der Waals surface area contributed by atoms with Gasteiger partial charge in [-0.05, 0) is 31.7 Å². The third kappa shape index (κ3) is 2.92. The van der Waals surface area contributed by atoms with Gasteiger partial charge in [-0.2, -0.15) is 0 Å². The van der Waals surface area contributed by atoms with Crippen molar-refractivity contribution in [2.45, 2.75) is 32.1 Å². The summed E-state index contributed by atoms with van der Waals surface area (Å²) >= 11 is 6.02. The van der Waals surface area contributed by atoms with Crippen molar-refractivity contribution in [3.63, 3.8) is 0 Å². The molecule has 8 heteroatoms. The molecule has 5 nitrogen and oxygen atoms in total. The maximum absolute atomic E-state index is 13.7.